The van der Waals surface area contributed by atoms with Crippen molar-refractivity contribution in [1.29, 1.82) is 5.41 Å². The molecule has 0 saturated heterocycles. The highest BCUT2D eigenvalue weighted by atomic mass is 16.5. The smallest absolute Gasteiger partial charge is 0.326 e. The molecule has 2 aromatic carbocycles. The van der Waals surface area contributed by atoms with Crippen molar-refractivity contribution in [2.24, 2.45) is 0 Å². The van der Waals surface area contributed by atoms with E-state index in [4.69, 9.17) is 10.1 Å². The summed E-state index contributed by atoms with van der Waals surface area (Å²) >= 11 is 0. The predicted molar refractivity (Wildman–Crippen MR) is 115 cm³/mol. The van der Waals surface area contributed by atoms with Gasteiger partial charge in [-0.25, -0.2) is 9.59 Å². The van der Waals surface area contributed by atoms with Crippen LogP contribution in [0.25, 0.3) is 0 Å². The van der Waals surface area contributed by atoms with E-state index in [1.54, 1.807) is 21.1 Å². The highest BCUT2D eigenvalue weighted by Gasteiger charge is 2.23. The van der Waals surface area contributed by atoms with Crippen molar-refractivity contribution in [2.75, 3.05) is 14.2 Å². The standard InChI is InChI=1S/C22H28N4O4/c1-15(23)24-13-17-9-5-4-8-16(17)12-19(21(27)28)25-22(29)26(2)14-18-10-6-7-11-20(18)30-3/h4-11,19H,12-14H2,1-3H3,(H2,23,24)(H,25,29)(H,27,28)/t19-/m0/s1. The monoisotopic (exact) mass is 412 g/mol. The van der Waals surface area contributed by atoms with Crippen molar-refractivity contribution in [2.45, 2.75) is 32.5 Å². The molecule has 8 nitrogen and oxygen atoms in total. The first-order valence-electron chi connectivity index (χ1n) is 9.54. The van der Waals surface area contributed by atoms with Gasteiger partial charge < -0.3 is 25.4 Å². The highest BCUT2D eigenvalue weighted by molar-refractivity contribution is 5.82. The molecule has 8 heteroatoms. The Balaban J connectivity index is 2.08. The van der Waals surface area contributed by atoms with Crippen molar-refractivity contribution in [1.82, 2.24) is 15.5 Å². The average molecular weight is 412 g/mol. The number of carbonyl (C=O) groups excluding carboxylic acids is 1. The molecule has 0 fully saturated rings. The molecule has 0 aliphatic carbocycles. The van der Waals surface area contributed by atoms with Gasteiger partial charge in [-0.1, -0.05) is 42.5 Å². The van der Waals surface area contributed by atoms with Gasteiger partial charge in [-0.15, -0.1) is 0 Å². The van der Waals surface area contributed by atoms with Gasteiger partial charge in [0.25, 0.3) is 0 Å². The lowest BCUT2D eigenvalue weighted by Crippen LogP contribution is -2.47. The number of methoxy groups -OCH3 is 1. The second-order valence-electron chi connectivity index (χ2n) is 6.96. The molecule has 2 amide bonds. The van der Waals surface area contributed by atoms with E-state index >= 15 is 0 Å². The normalized spacial score (nSPS) is 11.3. The van der Waals surface area contributed by atoms with Gasteiger partial charge in [0.05, 0.1) is 19.5 Å². The number of amides is 2. The summed E-state index contributed by atoms with van der Waals surface area (Å²) in [5.41, 5.74) is 2.50. The number of carboxylic acid groups (broad SMARTS) is 1. The Morgan fingerprint density at radius 2 is 1.70 bits per heavy atom. The summed E-state index contributed by atoms with van der Waals surface area (Å²) in [7, 11) is 3.16. The zero-order chi connectivity index (χ0) is 22.1. The van der Waals surface area contributed by atoms with Gasteiger partial charge in [0.1, 0.15) is 11.8 Å². The van der Waals surface area contributed by atoms with Crippen LogP contribution in [0.3, 0.4) is 0 Å². The van der Waals surface area contributed by atoms with E-state index in [1.807, 2.05) is 48.5 Å². The number of amidine groups is 1. The average Bonchev–Trinajstić information content (AvgIpc) is 2.72. The number of carbonyl (C=O) groups is 2. The first-order chi connectivity index (χ1) is 14.3. The van der Waals surface area contributed by atoms with E-state index in [0.29, 0.717) is 18.1 Å². The number of aliphatic carboxylic acids is 1. The van der Waals surface area contributed by atoms with Crippen molar-refractivity contribution in [3.8, 4) is 5.75 Å². The maximum atomic E-state index is 12.6. The van der Waals surface area contributed by atoms with Crippen LogP contribution in [0.1, 0.15) is 23.6 Å². The lowest BCUT2D eigenvalue weighted by Gasteiger charge is -2.23. The fraction of sp³-hybridized carbons (Fsp3) is 0.318. The lowest BCUT2D eigenvalue weighted by atomic mass is 10.00. The number of para-hydroxylation sites is 1. The third kappa shape index (κ3) is 6.51. The summed E-state index contributed by atoms with van der Waals surface area (Å²) in [6, 6.07) is 13.2. The van der Waals surface area contributed by atoms with Crippen LogP contribution in [0.2, 0.25) is 0 Å². The summed E-state index contributed by atoms with van der Waals surface area (Å²) < 4.78 is 5.30. The van der Waals surface area contributed by atoms with Crippen LogP contribution < -0.4 is 15.4 Å². The Hall–Kier alpha value is -3.55. The van der Waals surface area contributed by atoms with Crippen LogP contribution in [0, 0.1) is 5.41 Å². The fourth-order valence-electron chi connectivity index (χ4n) is 3.00. The molecule has 30 heavy (non-hydrogen) atoms. The number of ether oxygens (including phenoxy) is 1. The highest BCUT2D eigenvalue weighted by Crippen LogP contribution is 2.19. The van der Waals surface area contributed by atoms with Gasteiger partial charge >= 0.3 is 12.0 Å². The molecule has 2 rings (SSSR count). The Morgan fingerprint density at radius 1 is 1.10 bits per heavy atom. The largest absolute Gasteiger partial charge is 0.496 e. The van der Waals surface area contributed by atoms with Crippen LogP contribution in [0.15, 0.2) is 48.5 Å². The molecule has 0 aromatic heterocycles. The molecule has 0 unspecified atom stereocenters. The van der Waals surface area contributed by atoms with E-state index in [-0.39, 0.29) is 13.0 Å². The molecule has 0 radical (unpaired) electrons. The zero-order valence-electron chi connectivity index (χ0n) is 17.4. The van der Waals surface area contributed by atoms with E-state index in [2.05, 4.69) is 10.6 Å². The third-order valence-corrected chi connectivity index (χ3v) is 4.63. The number of benzene rings is 2. The Bertz CT molecular complexity index is 900. The van der Waals surface area contributed by atoms with Crippen LogP contribution >= 0.6 is 0 Å². The molecule has 2 aromatic rings. The minimum atomic E-state index is -1.11. The number of hydrogen-bond donors (Lipinski definition) is 4. The summed E-state index contributed by atoms with van der Waals surface area (Å²) in [6.07, 6.45) is 0.137. The maximum absolute atomic E-state index is 12.6. The maximum Gasteiger partial charge on any atom is 0.326 e. The van der Waals surface area contributed by atoms with Gasteiger partial charge in [-0.05, 0) is 24.1 Å². The predicted octanol–water partition coefficient (Wildman–Crippen LogP) is 2.62. The number of urea groups is 1. The summed E-state index contributed by atoms with van der Waals surface area (Å²) in [5.74, 6) is -0.124. The molecule has 0 saturated carbocycles. The molecular formula is C22H28N4O4. The topological polar surface area (TPSA) is 115 Å². The molecule has 160 valence electrons. The van der Waals surface area contributed by atoms with Crippen LogP contribution in [0.4, 0.5) is 4.79 Å². The minimum Gasteiger partial charge on any atom is -0.496 e. The molecule has 4 N–H and O–H groups in total. The van der Waals surface area contributed by atoms with E-state index in [9.17, 15) is 14.7 Å². The molecule has 0 bridgehead atoms. The number of nitrogens with zero attached hydrogens (tertiary/aromatic N) is 1. The minimum absolute atomic E-state index is 0.137. The van der Waals surface area contributed by atoms with Gasteiger partial charge in [0, 0.05) is 25.6 Å². The number of carboxylic acids is 1. The summed E-state index contributed by atoms with van der Waals surface area (Å²) in [5, 5.41) is 22.7. The third-order valence-electron chi connectivity index (χ3n) is 4.63. The fourth-order valence-corrected chi connectivity index (χ4v) is 3.00. The van der Waals surface area contributed by atoms with Crippen molar-refractivity contribution >= 4 is 17.8 Å². The van der Waals surface area contributed by atoms with Crippen LogP contribution in [0.5, 0.6) is 5.75 Å². The summed E-state index contributed by atoms with van der Waals surface area (Å²) in [6.45, 7) is 2.33. The molecule has 1 atom stereocenters. The quantitative estimate of drug-likeness (QED) is 0.373. The van der Waals surface area contributed by atoms with E-state index in [1.165, 1.54) is 4.90 Å². The van der Waals surface area contributed by atoms with Crippen molar-refractivity contribution < 1.29 is 19.4 Å². The number of hydrogen-bond acceptors (Lipinski definition) is 4. The molecule has 0 aliphatic heterocycles. The van der Waals surface area contributed by atoms with Gasteiger partial charge in [0.2, 0.25) is 0 Å². The van der Waals surface area contributed by atoms with Crippen LogP contribution in [-0.4, -0.2) is 48.0 Å². The SMILES string of the molecule is COc1ccccc1CN(C)C(=O)N[C@@H](Cc1ccccc1CNC(C)=N)C(=O)O. The second kappa shape index (κ2) is 10.8. The van der Waals surface area contributed by atoms with E-state index in [0.717, 1.165) is 16.7 Å². The molecule has 0 aliphatic rings. The second-order valence-corrected chi connectivity index (χ2v) is 6.96. The number of rotatable bonds is 9. The Kier molecular flexibility index (Phi) is 8.22. The van der Waals surface area contributed by atoms with Gasteiger partial charge in [-0.3, -0.25) is 5.41 Å². The molecule has 0 heterocycles. The molecular weight excluding hydrogens is 384 g/mol. The van der Waals surface area contributed by atoms with Crippen molar-refractivity contribution in [3.63, 3.8) is 0 Å². The lowest BCUT2D eigenvalue weighted by molar-refractivity contribution is -0.139. The van der Waals surface area contributed by atoms with Crippen LogP contribution in [-0.2, 0) is 24.3 Å². The first-order valence-corrected chi connectivity index (χ1v) is 9.54. The van der Waals surface area contributed by atoms with Gasteiger partial charge in [0.15, 0.2) is 0 Å². The summed E-state index contributed by atoms with van der Waals surface area (Å²) in [4.78, 5) is 25.8. The zero-order valence-corrected chi connectivity index (χ0v) is 17.4. The van der Waals surface area contributed by atoms with Crippen molar-refractivity contribution in [3.05, 3.63) is 65.2 Å². The first kappa shape index (κ1) is 22.7. The van der Waals surface area contributed by atoms with E-state index < -0.39 is 18.0 Å². The Morgan fingerprint density at radius 3 is 2.30 bits per heavy atom. The van der Waals surface area contributed by atoms with Gasteiger partial charge in [-0.2, -0.15) is 0 Å². The molecule has 0 spiro atoms. The number of nitrogens with one attached hydrogen (secondary N) is 3. The Labute approximate surface area is 176 Å².